The molecule has 1 unspecified atom stereocenters. The summed E-state index contributed by atoms with van der Waals surface area (Å²) in [7, 11) is 2.07. The Balaban J connectivity index is 2.27. The summed E-state index contributed by atoms with van der Waals surface area (Å²) in [5, 5.41) is 0.569. The largest absolute Gasteiger partial charge is 0.397 e. The van der Waals surface area contributed by atoms with Gasteiger partial charge in [-0.3, -0.25) is 4.90 Å². The summed E-state index contributed by atoms with van der Waals surface area (Å²) in [6.07, 6.45) is 2.16. The Bertz CT molecular complexity index is 428. The molecule has 3 nitrogen and oxygen atoms in total. The maximum absolute atomic E-state index is 6.20. The van der Waals surface area contributed by atoms with Crippen LogP contribution in [0.2, 0.25) is 5.02 Å². The van der Waals surface area contributed by atoms with Crippen LogP contribution in [-0.2, 0) is 0 Å². The fourth-order valence-corrected chi connectivity index (χ4v) is 2.15. The molecular weight excluding hydrogens is 222 g/mol. The highest BCUT2D eigenvalue weighted by atomic mass is 35.5. The lowest BCUT2D eigenvalue weighted by Gasteiger charge is -2.17. The van der Waals surface area contributed by atoms with Crippen LogP contribution in [0.3, 0.4) is 0 Å². The molecule has 86 valence electrons. The van der Waals surface area contributed by atoms with Crippen LogP contribution in [0.1, 0.15) is 11.6 Å². The first kappa shape index (κ1) is 11.5. The van der Waals surface area contributed by atoms with Crippen molar-refractivity contribution in [1.82, 2.24) is 4.90 Å². The molecule has 0 radical (unpaired) electrons. The summed E-state index contributed by atoms with van der Waals surface area (Å²) in [5.74, 6) is 0. The lowest BCUT2D eigenvalue weighted by Crippen LogP contribution is -2.20. The van der Waals surface area contributed by atoms with Gasteiger partial charge in [-0.25, -0.2) is 0 Å². The van der Waals surface area contributed by atoms with Gasteiger partial charge in [0.05, 0.1) is 16.8 Å². The average molecular weight is 238 g/mol. The lowest BCUT2D eigenvalue weighted by atomic mass is 9.98. The quantitative estimate of drug-likeness (QED) is 0.609. The van der Waals surface area contributed by atoms with Crippen molar-refractivity contribution in [2.24, 2.45) is 5.73 Å². The minimum Gasteiger partial charge on any atom is -0.397 e. The summed E-state index contributed by atoms with van der Waals surface area (Å²) >= 11 is 5.98. The van der Waals surface area contributed by atoms with Gasteiger partial charge in [0.25, 0.3) is 0 Å². The summed E-state index contributed by atoms with van der Waals surface area (Å²) in [6.45, 7) is 1.84. The van der Waals surface area contributed by atoms with E-state index in [1.807, 2.05) is 12.1 Å². The number of hydrogen-bond acceptors (Lipinski definition) is 3. The van der Waals surface area contributed by atoms with E-state index in [2.05, 4.69) is 18.0 Å². The van der Waals surface area contributed by atoms with E-state index in [0.717, 1.165) is 18.7 Å². The predicted octanol–water partition coefficient (Wildman–Crippen LogP) is 1.79. The third-order valence-electron chi connectivity index (χ3n) is 2.94. The minimum absolute atomic E-state index is 0.149. The molecular formula is C12H16ClN3. The molecule has 0 saturated carbocycles. The molecule has 1 heterocycles. The molecule has 0 aromatic heterocycles. The molecule has 16 heavy (non-hydrogen) atoms. The zero-order valence-electron chi connectivity index (χ0n) is 9.28. The lowest BCUT2D eigenvalue weighted by molar-refractivity contribution is 0.424. The van der Waals surface area contributed by atoms with E-state index in [-0.39, 0.29) is 6.04 Å². The number of likely N-dealkylation sites (N-methyl/N-ethyl adjacent to an activating group) is 1. The summed E-state index contributed by atoms with van der Waals surface area (Å²) in [6, 6.07) is 5.45. The van der Waals surface area contributed by atoms with Gasteiger partial charge in [-0.2, -0.15) is 0 Å². The second kappa shape index (κ2) is 4.45. The van der Waals surface area contributed by atoms with Crippen LogP contribution in [0.15, 0.2) is 29.8 Å². The zero-order chi connectivity index (χ0) is 11.7. The Kier molecular flexibility index (Phi) is 3.19. The smallest absolute Gasteiger partial charge is 0.0639 e. The number of benzene rings is 1. The number of para-hydroxylation sites is 1. The molecule has 4 N–H and O–H groups in total. The Morgan fingerprint density at radius 2 is 2.19 bits per heavy atom. The van der Waals surface area contributed by atoms with Crippen molar-refractivity contribution in [3.63, 3.8) is 0 Å². The molecule has 0 saturated heterocycles. The molecule has 0 spiro atoms. The first-order valence-electron chi connectivity index (χ1n) is 5.26. The van der Waals surface area contributed by atoms with E-state index in [1.165, 1.54) is 5.57 Å². The highest BCUT2D eigenvalue weighted by molar-refractivity contribution is 6.33. The highest BCUT2D eigenvalue weighted by Gasteiger charge is 2.20. The number of hydrogen-bond donors (Lipinski definition) is 2. The number of nitrogens with two attached hydrogens (primary N) is 2. The van der Waals surface area contributed by atoms with Gasteiger partial charge in [0.2, 0.25) is 0 Å². The Morgan fingerprint density at radius 3 is 2.81 bits per heavy atom. The average Bonchev–Trinajstić information content (AvgIpc) is 2.68. The number of rotatable bonds is 2. The molecule has 0 fully saturated rings. The van der Waals surface area contributed by atoms with E-state index in [9.17, 15) is 0 Å². The van der Waals surface area contributed by atoms with Gasteiger partial charge in [-0.1, -0.05) is 29.8 Å². The van der Waals surface area contributed by atoms with Crippen molar-refractivity contribution in [3.8, 4) is 0 Å². The topological polar surface area (TPSA) is 55.3 Å². The third kappa shape index (κ3) is 2.07. The molecule has 1 aliphatic rings. The van der Waals surface area contributed by atoms with Crippen molar-refractivity contribution in [3.05, 3.63) is 40.4 Å². The fraction of sp³-hybridized carbons (Fsp3) is 0.333. The van der Waals surface area contributed by atoms with Crippen LogP contribution in [0.5, 0.6) is 0 Å². The van der Waals surface area contributed by atoms with Gasteiger partial charge >= 0.3 is 0 Å². The first-order chi connectivity index (χ1) is 7.59. The summed E-state index contributed by atoms with van der Waals surface area (Å²) in [5.41, 5.74) is 14.8. The van der Waals surface area contributed by atoms with Crippen molar-refractivity contribution in [2.75, 3.05) is 25.9 Å². The molecule has 0 bridgehead atoms. The van der Waals surface area contributed by atoms with Gasteiger partial charge in [0.1, 0.15) is 0 Å². The molecule has 2 rings (SSSR count). The molecule has 1 aliphatic heterocycles. The van der Waals surface area contributed by atoms with Crippen LogP contribution < -0.4 is 11.5 Å². The third-order valence-corrected chi connectivity index (χ3v) is 3.27. The number of nitrogen functional groups attached to an aromatic ring is 1. The van der Waals surface area contributed by atoms with Crippen molar-refractivity contribution < 1.29 is 0 Å². The Labute approximate surface area is 101 Å². The maximum atomic E-state index is 6.20. The number of anilines is 1. The molecule has 0 amide bonds. The normalized spacial score (nSPS) is 18.6. The van der Waals surface area contributed by atoms with E-state index >= 15 is 0 Å². The Hall–Kier alpha value is -1.03. The Morgan fingerprint density at radius 1 is 1.44 bits per heavy atom. The van der Waals surface area contributed by atoms with Gasteiger partial charge in [-0.15, -0.1) is 0 Å². The van der Waals surface area contributed by atoms with E-state index < -0.39 is 0 Å². The van der Waals surface area contributed by atoms with Crippen molar-refractivity contribution in [2.45, 2.75) is 6.04 Å². The number of halogens is 1. The predicted molar refractivity (Wildman–Crippen MR) is 68.4 cm³/mol. The van der Waals surface area contributed by atoms with Crippen molar-refractivity contribution in [1.29, 1.82) is 0 Å². The SMILES string of the molecule is CN1CC=C(C(N)c2cccc(Cl)c2N)C1. The molecule has 0 aliphatic carbocycles. The van der Waals surface area contributed by atoms with Gasteiger partial charge in [0, 0.05) is 13.1 Å². The molecule has 1 atom stereocenters. The second-order valence-electron chi connectivity index (χ2n) is 4.20. The standard InChI is InChI=1S/C12H16ClN3/c1-16-6-5-8(7-16)11(14)9-3-2-4-10(13)12(9)15/h2-5,11H,6-7,14-15H2,1H3. The van der Waals surface area contributed by atoms with E-state index in [0.29, 0.717) is 10.7 Å². The van der Waals surface area contributed by atoms with Crippen LogP contribution in [0.4, 0.5) is 5.69 Å². The maximum Gasteiger partial charge on any atom is 0.0639 e. The van der Waals surface area contributed by atoms with Gasteiger partial charge < -0.3 is 11.5 Å². The van der Waals surface area contributed by atoms with E-state index in [1.54, 1.807) is 6.07 Å². The summed E-state index contributed by atoms with van der Waals surface area (Å²) < 4.78 is 0. The van der Waals surface area contributed by atoms with Crippen LogP contribution in [0.25, 0.3) is 0 Å². The van der Waals surface area contributed by atoms with Crippen LogP contribution >= 0.6 is 11.6 Å². The molecule has 1 aromatic rings. The number of nitrogens with zero attached hydrogens (tertiary/aromatic N) is 1. The van der Waals surface area contributed by atoms with Crippen molar-refractivity contribution >= 4 is 17.3 Å². The first-order valence-corrected chi connectivity index (χ1v) is 5.64. The monoisotopic (exact) mass is 237 g/mol. The van der Waals surface area contributed by atoms with E-state index in [4.69, 9.17) is 23.1 Å². The highest BCUT2D eigenvalue weighted by Crippen LogP contribution is 2.31. The zero-order valence-corrected chi connectivity index (χ0v) is 10.0. The molecule has 1 aromatic carbocycles. The second-order valence-corrected chi connectivity index (χ2v) is 4.60. The minimum atomic E-state index is -0.149. The van der Waals surface area contributed by atoms with Crippen LogP contribution in [-0.4, -0.2) is 25.0 Å². The summed E-state index contributed by atoms with van der Waals surface area (Å²) in [4.78, 5) is 2.20. The van der Waals surface area contributed by atoms with Crippen LogP contribution in [0, 0.1) is 0 Å². The molecule has 4 heteroatoms. The fourth-order valence-electron chi connectivity index (χ4n) is 1.96. The van der Waals surface area contributed by atoms with Gasteiger partial charge in [0.15, 0.2) is 0 Å². The van der Waals surface area contributed by atoms with Gasteiger partial charge in [-0.05, 0) is 24.3 Å².